The highest BCUT2D eigenvalue weighted by atomic mass is 16.5. The van der Waals surface area contributed by atoms with Crippen LogP contribution in [0.3, 0.4) is 0 Å². The molecule has 0 saturated carbocycles. The molecule has 0 aromatic carbocycles. The van der Waals surface area contributed by atoms with Gasteiger partial charge in [0.1, 0.15) is 6.61 Å². The largest absolute Gasteiger partial charge is 0.462 e. The van der Waals surface area contributed by atoms with Gasteiger partial charge in [-0.2, -0.15) is 0 Å². The fraction of sp³-hybridized carbons (Fsp3) is 0.588. The number of hydrogen-bond acceptors (Lipinski definition) is 2. The van der Waals surface area contributed by atoms with E-state index in [2.05, 4.69) is 32.9 Å². The van der Waals surface area contributed by atoms with Gasteiger partial charge in [0, 0.05) is 6.92 Å². The summed E-state index contributed by atoms with van der Waals surface area (Å²) in [6.07, 6.45) is 10.0. The molecule has 0 aliphatic heterocycles. The van der Waals surface area contributed by atoms with Crippen LogP contribution in [0.4, 0.5) is 0 Å². The van der Waals surface area contributed by atoms with E-state index in [0.717, 1.165) is 5.57 Å². The number of carbonyl (C=O) groups excluding carboxylic acids is 1. The second-order valence-corrected chi connectivity index (χ2v) is 6.02. The van der Waals surface area contributed by atoms with Crippen molar-refractivity contribution in [2.75, 3.05) is 6.61 Å². The standard InChI is InChI=1S/C17H26O2/c1-13(10-12-19-15(3)18)8-9-16-14(2)7-6-11-17(16,4)5/h8-10H,6-7,11-12H2,1-5H3/b9-8+,13-10-. The molecule has 19 heavy (non-hydrogen) atoms. The van der Waals surface area contributed by atoms with Gasteiger partial charge < -0.3 is 4.74 Å². The first-order valence-electron chi connectivity index (χ1n) is 7.01. The van der Waals surface area contributed by atoms with E-state index >= 15 is 0 Å². The van der Waals surface area contributed by atoms with Crippen LogP contribution in [0.15, 0.2) is 34.9 Å². The van der Waals surface area contributed by atoms with Gasteiger partial charge in [0.15, 0.2) is 0 Å². The predicted molar refractivity (Wildman–Crippen MR) is 79.9 cm³/mol. The predicted octanol–water partition coefficient (Wildman–Crippen LogP) is 4.58. The van der Waals surface area contributed by atoms with Crippen LogP contribution >= 0.6 is 0 Å². The van der Waals surface area contributed by atoms with Crippen LogP contribution in [0.2, 0.25) is 0 Å². The molecule has 1 rings (SSSR count). The van der Waals surface area contributed by atoms with Gasteiger partial charge in [-0.15, -0.1) is 0 Å². The van der Waals surface area contributed by atoms with Crippen molar-refractivity contribution in [1.82, 2.24) is 0 Å². The molecular formula is C17H26O2. The van der Waals surface area contributed by atoms with E-state index in [1.807, 2.05) is 13.0 Å². The summed E-state index contributed by atoms with van der Waals surface area (Å²) in [5, 5.41) is 0. The van der Waals surface area contributed by atoms with Gasteiger partial charge in [-0.25, -0.2) is 0 Å². The molecule has 0 unspecified atom stereocenters. The molecule has 0 heterocycles. The van der Waals surface area contributed by atoms with E-state index < -0.39 is 0 Å². The maximum Gasteiger partial charge on any atom is 0.302 e. The fourth-order valence-corrected chi connectivity index (χ4v) is 2.58. The lowest BCUT2D eigenvalue weighted by Gasteiger charge is -2.32. The van der Waals surface area contributed by atoms with Crippen molar-refractivity contribution in [3.05, 3.63) is 34.9 Å². The number of allylic oxidation sites excluding steroid dienone is 5. The summed E-state index contributed by atoms with van der Waals surface area (Å²) in [6, 6.07) is 0. The molecule has 0 N–H and O–H groups in total. The average molecular weight is 262 g/mol. The van der Waals surface area contributed by atoms with Crippen molar-refractivity contribution >= 4 is 5.97 Å². The summed E-state index contributed by atoms with van der Waals surface area (Å²) in [6.45, 7) is 10.7. The van der Waals surface area contributed by atoms with Crippen molar-refractivity contribution < 1.29 is 9.53 Å². The molecule has 0 amide bonds. The fourth-order valence-electron chi connectivity index (χ4n) is 2.58. The zero-order chi connectivity index (χ0) is 14.5. The van der Waals surface area contributed by atoms with Gasteiger partial charge in [-0.05, 0) is 50.2 Å². The quantitative estimate of drug-likeness (QED) is 0.547. The second kappa shape index (κ2) is 6.74. The molecular weight excluding hydrogens is 236 g/mol. The maximum absolute atomic E-state index is 10.7. The summed E-state index contributed by atoms with van der Waals surface area (Å²) in [5.74, 6) is -0.236. The van der Waals surface area contributed by atoms with Crippen LogP contribution in [-0.2, 0) is 9.53 Å². The molecule has 0 radical (unpaired) electrons. The number of rotatable bonds is 4. The third-order valence-electron chi connectivity index (χ3n) is 3.75. The number of carbonyl (C=O) groups is 1. The Hall–Kier alpha value is -1.31. The smallest absolute Gasteiger partial charge is 0.302 e. The lowest BCUT2D eigenvalue weighted by molar-refractivity contribution is -0.139. The van der Waals surface area contributed by atoms with Crippen LogP contribution in [-0.4, -0.2) is 12.6 Å². The summed E-state index contributed by atoms with van der Waals surface area (Å²) >= 11 is 0. The third kappa shape index (κ3) is 5.06. The van der Waals surface area contributed by atoms with Crippen molar-refractivity contribution in [3.8, 4) is 0 Å². The number of esters is 1. The van der Waals surface area contributed by atoms with E-state index in [4.69, 9.17) is 4.74 Å². The first-order valence-corrected chi connectivity index (χ1v) is 7.01. The molecule has 0 spiro atoms. The summed E-state index contributed by atoms with van der Waals surface area (Å²) in [7, 11) is 0. The third-order valence-corrected chi connectivity index (χ3v) is 3.75. The first-order chi connectivity index (χ1) is 8.83. The molecule has 106 valence electrons. The van der Waals surface area contributed by atoms with Gasteiger partial charge in [0.25, 0.3) is 0 Å². The molecule has 1 aliphatic rings. The maximum atomic E-state index is 10.7. The molecule has 2 heteroatoms. The topological polar surface area (TPSA) is 26.3 Å². The Balaban J connectivity index is 2.71. The lowest BCUT2D eigenvalue weighted by atomic mass is 9.72. The van der Waals surface area contributed by atoms with Crippen LogP contribution in [0.5, 0.6) is 0 Å². The molecule has 0 atom stereocenters. The average Bonchev–Trinajstić information content (AvgIpc) is 2.26. The summed E-state index contributed by atoms with van der Waals surface area (Å²) < 4.78 is 4.91. The van der Waals surface area contributed by atoms with Crippen LogP contribution in [0.1, 0.15) is 53.9 Å². The van der Waals surface area contributed by atoms with E-state index in [-0.39, 0.29) is 11.4 Å². The van der Waals surface area contributed by atoms with E-state index in [9.17, 15) is 4.79 Å². The molecule has 0 fully saturated rings. The minimum atomic E-state index is -0.236. The van der Waals surface area contributed by atoms with Gasteiger partial charge in [0.05, 0.1) is 0 Å². The highest BCUT2D eigenvalue weighted by Crippen LogP contribution is 2.40. The SMILES string of the molecule is CC(=O)OC/C=C(C)\C=C\C1=C(C)CCCC1(C)C. The Bertz CT molecular complexity index is 423. The Morgan fingerprint density at radius 2 is 2.05 bits per heavy atom. The van der Waals surface area contributed by atoms with Crippen LogP contribution in [0.25, 0.3) is 0 Å². The Kier molecular flexibility index (Phi) is 5.59. The first kappa shape index (κ1) is 15.7. The highest BCUT2D eigenvalue weighted by molar-refractivity contribution is 5.66. The molecule has 0 bridgehead atoms. The van der Waals surface area contributed by atoms with Crippen LogP contribution in [0, 0.1) is 5.41 Å². The van der Waals surface area contributed by atoms with Crippen molar-refractivity contribution in [2.24, 2.45) is 5.41 Å². The lowest BCUT2D eigenvalue weighted by Crippen LogP contribution is -2.19. The normalized spacial score (nSPS) is 19.9. The van der Waals surface area contributed by atoms with Crippen molar-refractivity contribution in [3.63, 3.8) is 0 Å². The molecule has 0 saturated heterocycles. The van der Waals surface area contributed by atoms with Gasteiger partial charge in [0.2, 0.25) is 0 Å². The molecule has 0 aromatic heterocycles. The van der Waals surface area contributed by atoms with Crippen LogP contribution < -0.4 is 0 Å². The van der Waals surface area contributed by atoms with Gasteiger partial charge >= 0.3 is 5.97 Å². The zero-order valence-electron chi connectivity index (χ0n) is 12.9. The molecule has 0 aromatic rings. The van der Waals surface area contributed by atoms with E-state index in [1.165, 1.54) is 37.3 Å². The minimum Gasteiger partial charge on any atom is -0.462 e. The van der Waals surface area contributed by atoms with Crippen molar-refractivity contribution in [1.29, 1.82) is 0 Å². The van der Waals surface area contributed by atoms with Gasteiger partial charge in [-0.3, -0.25) is 4.79 Å². The number of hydrogen-bond donors (Lipinski definition) is 0. The minimum absolute atomic E-state index is 0.236. The Morgan fingerprint density at radius 3 is 2.63 bits per heavy atom. The highest BCUT2D eigenvalue weighted by Gasteiger charge is 2.26. The summed E-state index contributed by atoms with van der Waals surface area (Å²) in [4.78, 5) is 10.7. The number of ether oxygens (including phenoxy) is 1. The van der Waals surface area contributed by atoms with E-state index in [1.54, 1.807) is 0 Å². The Labute approximate surface area is 117 Å². The zero-order valence-corrected chi connectivity index (χ0v) is 12.9. The molecule has 1 aliphatic carbocycles. The van der Waals surface area contributed by atoms with E-state index in [0.29, 0.717) is 6.61 Å². The van der Waals surface area contributed by atoms with Crippen molar-refractivity contribution in [2.45, 2.75) is 53.9 Å². The Morgan fingerprint density at radius 1 is 1.37 bits per heavy atom. The molecule has 2 nitrogen and oxygen atoms in total. The monoisotopic (exact) mass is 262 g/mol. The second-order valence-electron chi connectivity index (χ2n) is 6.02. The summed E-state index contributed by atoms with van der Waals surface area (Å²) in [5.41, 5.74) is 4.36. The van der Waals surface area contributed by atoms with Gasteiger partial charge in [-0.1, -0.05) is 37.1 Å².